The molecule has 0 aromatic heterocycles. The Morgan fingerprint density at radius 3 is 2.22 bits per heavy atom. The molecule has 0 saturated heterocycles. The predicted octanol–water partition coefficient (Wildman–Crippen LogP) is 3.78. The monoisotopic (exact) mass is 363 g/mol. The summed E-state index contributed by atoms with van der Waals surface area (Å²) in [5.41, 5.74) is 2.99. The van der Waals surface area contributed by atoms with E-state index in [1.807, 2.05) is 36.4 Å². The molecule has 0 unspecified atom stereocenters. The molecular weight excluding hydrogens is 342 g/mol. The zero-order valence-corrected chi connectivity index (χ0v) is 15.1. The highest BCUT2D eigenvalue weighted by Crippen LogP contribution is 2.44. The van der Waals surface area contributed by atoms with Gasteiger partial charge in [-0.3, -0.25) is 0 Å². The van der Waals surface area contributed by atoms with Crippen LogP contribution in [0.3, 0.4) is 0 Å². The third-order valence-corrected chi connectivity index (χ3v) is 4.96. The van der Waals surface area contributed by atoms with E-state index >= 15 is 0 Å². The zero-order chi connectivity index (χ0) is 19.4. The van der Waals surface area contributed by atoms with Gasteiger partial charge in [-0.2, -0.15) is 0 Å². The maximum Gasteiger partial charge on any atom is 0.408 e. The van der Waals surface area contributed by atoms with Crippen LogP contribution >= 0.6 is 0 Å². The van der Waals surface area contributed by atoms with Gasteiger partial charge in [0.15, 0.2) is 0 Å². The van der Waals surface area contributed by atoms with Crippen molar-refractivity contribution in [3.8, 4) is 23.5 Å². The number of fused-ring (bicyclic) bond motifs is 3. The van der Waals surface area contributed by atoms with Crippen LogP contribution in [0.15, 0.2) is 48.5 Å². The number of ether oxygens (including phenoxy) is 1. The lowest BCUT2D eigenvalue weighted by Gasteiger charge is -2.25. The number of carbonyl (C=O) groups excluding carboxylic acids is 1. The molecule has 0 bridgehead atoms. The molecule has 2 aromatic carbocycles. The molecule has 27 heavy (non-hydrogen) atoms. The fourth-order valence-electron chi connectivity index (χ4n) is 3.40. The summed E-state index contributed by atoms with van der Waals surface area (Å²) in [6.07, 6.45) is 4.82. The number of amides is 1. The predicted molar refractivity (Wildman–Crippen MR) is 102 cm³/mol. The van der Waals surface area contributed by atoms with Crippen molar-refractivity contribution in [3.05, 3.63) is 59.7 Å². The number of carboxylic acid groups (broad SMARTS) is 1. The number of nitrogens with one attached hydrogen (secondary N) is 1. The van der Waals surface area contributed by atoms with Gasteiger partial charge in [-0.15, -0.1) is 12.3 Å². The van der Waals surface area contributed by atoms with Gasteiger partial charge in [0.25, 0.3) is 0 Å². The van der Waals surface area contributed by atoms with Crippen molar-refractivity contribution in [3.63, 3.8) is 0 Å². The average molecular weight is 363 g/mol. The highest BCUT2D eigenvalue weighted by molar-refractivity contribution is 5.84. The van der Waals surface area contributed by atoms with E-state index in [1.165, 1.54) is 6.92 Å². The molecule has 138 valence electrons. The van der Waals surface area contributed by atoms with Crippen molar-refractivity contribution in [2.45, 2.75) is 31.2 Å². The second-order valence-corrected chi connectivity index (χ2v) is 6.79. The van der Waals surface area contributed by atoms with Crippen molar-refractivity contribution in [2.24, 2.45) is 0 Å². The lowest BCUT2D eigenvalue weighted by atomic mass is 9.96. The molecule has 0 heterocycles. The minimum Gasteiger partial charge on any atom is -0.480 e. The number of carboxylic acids is 1. The summed E-state index contributed by atoms with van der Waals surface area (Å²) in [4.78, 5) is 23.8. The lowest BCUT2D eigenvalue weighted by molar-refractivity contribution is -0.144. The van der Waals surface area contributed by atoms with Crippen LogP contribution in [0.1, 0.15) is 36.8 Å². The second-order valence-electron chi connectivity index (χ2n) is 6.79. The third-order valence-electron chi connectivity index (χ3n) is 4.96. The summed E-state index contributed by atoms with van der Waals surface area (Å²) < 4.78 is 5.40. The molecular formula is C22H21NO4. The molecule has 5 nitrogen and oxygen atoms in total. The van der Waals surface area contributed by atoms with Gasteiger partial charge in [-0.1, -0.05) is 48.5 Å². The summed E-state index contributed by atoms with van der Waals surface area (Å²) in [5.74, 6) is 1.17. The van der Waals surface area contributed by atoms with E-state index in [-0.39, 0.29) is 25.4 Å². The molecule has 5 heteroatoms. The first kappa shape index (κ1) is 18.5. The quantitative estimate of drug-likeness (QED) is 0.766. The van der Waals surface area contributed by atoms with Crippen molar-refractivity contribution in [2.75, 3.05) is 6.61 Å². The maximum atomic E-state index is 12.3. The van der Waals surface area contributed by atoms with Gasteiger partial charge in [0.05, 0.1) is 0 Å². The molecule has 0 aliphatic heterocycles. The first-order valence-electron chi connectivity index (χ1n) is 8.76. The molecule has 3 rings (SSSR count). The Bertz CT molecular complexity index is 869. The van der Waals surface area contributed by atoms with E-state index in [0.29, 0.717) is 0 Å². The summed E-state index contributed by atoms with van der Waals surface area (Å²) in [6, 6.07) is 16.0. The summed E-state index contributed by atoms with van der Waals surface area (Å²) in [5, 5.41) is 11.9. The van der Waals surface area contributed by atoms with E-state index in [9.17, 15) is 14.7 Å². The van der Waals surface area contributed by atoms with Crippen LogP contribution in [0, 0.1) is 12.3 Å². The fourth-order valence-corrected chi connectivity index (χ4v) is 3.40. The minimum atomic E-state index is -1.46. The highest BCUT2D eigenvalue weighted by atomic mass is 16.5. The number of aliphatic carboxylic acids is 1. The van der Waals surface area contributed by atoms with E-state index in [1.54, 1.807) is 0 Å². The molecule has 2 aromatic rings. The minimum absolute atomic E-state index is 0.0788. The van der Waals surface area contributed by atoms with Crippen LogP contribution in [0.4, 0.5) is 4.79 Å². The summed E-state index contributed by atoms with van der Waals surface area (Å²) >= 11 is 0. The Morgan fingerprint density at radius 2 is 1.70 bits per heavy atom. The standard InChI is InChI=1S/C22H21NO4/c1-3-4-13-22(2,20(24)25)23-21(26)27-14-19-17-11-7-5-9-15(17)16-10-6-8-12-18(16)19/h1,5-12,19H,4,13-14H2,2H3,(H,23,26)(H,24,25)/t22-/m0/s1. The van der Waals surface area contributed by atoms with Crippen molar-refractivity contribution in [1.29, 1.82) is 0 Å². The van der Waals surface area contributed by atoms with E-state index < -0.39 is 17.6 Å². The van der Waals surface area contributed by atoms with E-state index in [4.69, 9.17) is 11.2 Å². The number of benzene rings is 2. The van der Waals surface area contributed by atoms with E-state index in [0.717, 1.165) is 22.3 Å². The second kappa shape index (κ2) is 7.55. The lowest BCUT2D eigenvalue weighted by Crippen LogP contribution is -2.52. The molecule has 1 aliphatic rings. The van der Waals surface area contributed by atoms with Gasteiger partial charge in [-0.25, -0.2) is 9.59 Å². The van der Waals surface area contributed by atoms with Gasteiger partial charge in [0, 0.05) is 12.3 Å². The smallest absolute Gasteiger partial charge is 0.408 e. The normalized spacial score (nSPS) is 14.4. The third kappa shape index (κ3) is 3.65. The van der Waals surface area contributed by atoms with Crippen LogP contribution < -0.4 is 5.32 Å². The fraction of sp³-hybridized carbons (Fsp3) is 0.273. The average Bonchev–Trinajstić information content (AvgIpc) is 2.98. The molecule has 2 N–H and O–H groups in total. The van der Waals surface area contributed by atoms with Gasteiger partial charge < -0.3 is 15.2 Å². The summed E-state index contributed by atoms with van der Waals surface area (Å²) in [6.45, 7) is 1.55. The highest BCUT2D eigenvalue weighted by Gasteiger charge is 2.35. The number of carbonyl (C=O) groups is 2. The number of hydrogen-bond acceptors (Lipinski definition) is 3. The Labute approximate surface area is 158 Å². The van der Waals surface area contributed by atoms with Crippen molar-refractivity contribution < 1.29 is 19.4 Å². The Hall–Kier alpha value is -3.26. The maximum absolute atomic E-state index is 12.3. The number of rotatable bonds is 6. The molecule has 0 saturated carbocycles. The largest absolute Gasteiger partial charge is 0.480 e. The molecule has 1 atom stereocenters. The molecule has 0 fully saturated rings. The Kier molecular flexibility index (Phi) is 5.18. The number of terminal acetylenes is 1. The number of hydrogen-bond donors (Lipinski definition) is 2. The topological polar surface area (TPSA) is 75.6 Å². The first-order valence-corrected chi connectivity index (χ1v) is 8.76. The van der Waals surface area contributed by atoms with Crippen LogP contribution in [-0.2, 0) is 9.53 Å². The Morgan fingerprint density at radius 1 is 1.15 bits per heavy atom. The van der Waals surface area contributed by atoms with Gasteiger partial charge in [0.1, 0.15) is 12.1 Å². The van der Waals surface area contributed by atoms with Crippen molar-refractivity contribution >= 4 is 12.1 Å². The van der Waals surface area contributed by atoms with Gasteiger partial charge >= 0.3 is 12.1 Å². The van der Waals surface area contributed by atoms with Crippen LogP contribution in [-0.4, -0.2) is 29.3 Å². The molecule has 0 spiro atoms. The van der Waals surface area contributed by atoms with Gasteiger partial charge in [-0.05, 0) is 35.6 Å². The Balaban J connectivity index is 1.72. The SMILES string of the molecule is C#CCC[C@](C)(NC(=O)OCC1c2ccccc2-c2ccccc21)C(=O)O. The van der Waals surface area contributed by atoms with Crippen LogP contribution in [0.2, 0.25) is 0 Å². The first-order chi connectivity index (χ1) is 13.0. The van der Waals surface area contributed by atoms with Crippen LogP contribution in [0.5, 0.6) is 0 Å². The van der Waals surface area contributed by atoms with E-state index in [2.05, 4.69) is 23.4 Å². The number of alkyl carbamates (subject to hydrolysis) is 1. The summed E-state index contributed by atoms with van der Waals surface area (Å²) in [7, 11) is 0. The van der Waals surface area contributed by atoms with Crippen LogP contribution in [0.25, 0.3) is 11.1 Å². The molecule has 1 aliphatic carbocycles. The van der Waals surface area contributed by atoms with Gasteiger partial charge in [0.2, 0.25) is 0 Å². The molecule has 0 radical (unpaired) electrons. The zero-order valence-electron chi connectivity index (χ0n) is 15.1. The van der Waals surface area contributed by atoms with Crippen molar-refractivity contribution in [1.82, 2.24) is 5.32 Å². The molecule has 1 amide bonds.